The molecule has 2 aliphatic heterocycles. The molecule has 1 amide bonds. The van der Waals surface area contributed by atoms with Crippen LogP contribution < -0.4 is 10.6 Å². The zero-order chi connectivity index (χ0) is 20.4. The van der Waals surface area contributed by atoms with Crippen molar-refractivity contribution in [3.05, 3.63) is 30.2 Å². The van der Waals surface area contributed by atoms with E-state index in [0.29, 0.717) is 30.1 Å². The number of hydrogen-bond donors (Lipinski definition) is 2. The molecule has 2 aromatic rings. The van der Waals surface area contributed by atoms with Crippen molar-refractivity contribution in [2.24, 2.45) is 0 Å². The van der Waals surface area contributed by atoms with Crippen LogP contribution in [-0.2, 0) is 4.79 Å². The molecule has 158 valence electrons. The van der Waals surface area contributed by atoms with Crippen LogP contribution in [0.15, 0.2) is 28.7 Å². The minimum Gasteiger partial charge on any atom is -0.440 e. The highest BCUT2D eigenvalue weighted by Crippen LogP contribution is 2.31. The number of carbonyl (C=O) groups is 1. The largest absolute Gasteiger partial charge is 0.440 e. The van der Waals surface area contributed by atoms with Crippen molar-refractivity contribution < 1.29 is 13.6 Å². The van der Waals surface area contributed by atoms with Gasteiger partial charge in [-0.2, -0.15) is 0 Å². The van der Waals surface area contributed by atoms with Crippen molar-refractivity contribution >= 4 is 17.0 Å². The lowest BCUT2D eigenvalue weighted by atomic mass is 9.89. The Morgan fingerprint density at radius 3 is 2.83 bits per heavy atom. The van der Waals surface area contributed by atoms with Gasteiger partial charge in [-0.25, -0.2) is 9.37 Å². The van der Waals surface area contributed by atoms with E-state index < -0.39 is 18.1 Å². The molecule has 2 unspecified atom stereocenters. The summed E-state index contributed by atoms with van der Waals surface area (Å²) in [6.07, 6.45) is 2.90. The van der Waals surface area contributed by atoms with E-state index in [1.165, 1.54) is 19.3 Å². The number of benzene rings is 1. The third-order valence-corrected chi connectivity index (χ3v) is 6.43. The van der Waals surface area contributed by atoms with Crippen molar-refractivity contribution in [2.45, 2.75) is 69.7 Å². The predicted molar refractivity (Wildman–Crippen MR) is 111 cm³/mol. The van der Waals surface area contributed by atoms with Crippen LogP contribution in [0.1, 0.15) is 51.3 Å². The molecule has 0 aliphatic carbocycles. The van der Waals surface area contributed by atoms with E-state index in [4.69, 9.17) is 4.42 Å². The molecule has 2 saturated heterocycles. The number of aromatic nitrogens is 1. The summed E-state index contributed by atoms with van der Waals surface area (Å²) in [5.74, 6) is -0.0973. The molecule has 0 saturated carbocycles. The Balaban J connectivity index is 1.41. The van der Waals surface area contributed by atoms with Crippen LogP contribution in [-0.4, -0.2) is 59.7 Å². The predicted octanol–water partition coefficient (Wildman–Crippen LogP) is 2.99. The van der Waals surface area contributed by atoms with Crippen molar-refractivity contribution in [1.29, 1.82) is 0 Å². The van der Waals surface area contributed by atoms with Gasteiger partial charge >= 0.3 is 0 Å². The lowest BCUT2D eigenvalue weighted by molar-refractivity contribution is -0.124. The Labute approximate surface area is 171 Å². The van der Waals surface area contributed by atoms with Crippen LogP contribution in [0, 0.1) is 0 Å². The summed E-state index contributed by atoms with van der Waals surface area (Å²) < 4.78 is 20.0. The molecule has 29 heavy (non-hydrogen) atoms. The summed E-state index contributed by atoms with van der Waals surface area (Å²) in [5, 5.41) is 6.12. The Kier molecular flexibility index (Phi) is 6.15. The van der Waals surface area contributed by atoms with Gasteiger partial charge in [0.15, 0.2) is 5.58 Å². The number of rotatable bonds is 5. The maximum absolute atomic E-state index is 14.1. The summed E-state index contributed by atoms with van der Waals surface area (Å²) in [4.78, 5) is 19.9. The molecule has 4 rings (SSSR count). The van der Waals surface area contributed by atoms with E-state index in [1.807, 2.05) is 24.3 Å². The molecule has 0 radical (unpaired) electrons. The zero-order valence-corrected chi connectivity index (χ0v) is 17.2. The Morgan fingerprint density at radius 2 is 2.07 bits per heavy atom. The number of fused-ring (bicyclic) bond motifs is 1. The number of alkyl halides is 1. The fourth-order valence-corrected chi connectivity index (χ4v) is 4.79. The number of amides is 1. The molecule has 6 nitrogen and oxygen atoms in total. The molecule has 0 spiro atoms. The first-order chi connectivity index (χ1) is 14.0. The second-order valence-corrected chi connectivity index (χ2v) is 8.50. The van der Waals surface area contributed by atoms with Crippen LogP contribution in [0.4, 0.5) is 4.39 Å². The summed E-state index contributed by atoms with van der Waals surface area (Å²) >= 11 is 0. The molecule has 5 atom stereocenters. The minimum atomic E-state index is -1.02. The average molecular weight is 403 g/mol. The number of piperidine rings is 2. The fraction of sp³-hybridized carbons (Fsp3) is 0.636. The van der Waals surface area contributed by atoms with E-state index in [2.05, 4.69) is 34.4 Å². The number of halogens is 1. The molecule has 2 N–H and O–H groups in total. The van der Waals surface area contributed by atoms with Crippen LogP contribution in [0.3, 0.4) is 0 Å². The van der Waals surface area contributed by atoms with Crippen molar-refractivity contribution in [3.8, 4) is 0 Å². The second kappa shape index (κ2) is 8.79. The number of carbonyl (C=O) groups excluding carboxylic acids is 1. The lowest BCUT2D eigenvalue weighted by Gasteiger charge is -2.39. The van der Waals surface area contributed by atoms with E-state index in [0.717, 1.165) is 12.1 Å². The topological polar surface area (TPSA) is 70.4 Å². The third-order valence-electron chi connectivity index (χ3n) is 6.43. The van der Waals surface area contributed by atoms with Crippen LogP contribution in [0.2, 0.25) is 0 Å². The van der Waals surface area contributed by atoms with Gasteiger partial charge in [-0.1, -0.05) is 18.6 Å². The SMILES string of the molecule is C[C@@H]1CCC[C@H](C)N1CCNC(=O)[C@H]1NCC(F)CC1c1nc2ccccc2o1. The quantitative estimate of drug-likeness (QED) is 0.805. The monoisotopic (exact) mass is 402 g/mol. The van der Waals surface area contributed by atoms with Crippen molar-refractivity contribution in [3.63, 3.8) is 0 Å². The molecule has 7 heteroatoms. The first kappa shape index (κ1) is 20.3. The number of hydrogen-bond acceptors (Lipinski definition) is 5. The molecular weight excluding hydrogens is 371 g/mol. The van der Waals surface area contributed by atoms with E-state index in [9.17, 15) is 9.18 Å². The van der Waals surface area contributed by atoms with Gasteiger partial charge in [0.05, 0.1) is 12.0 Å². The highest BCUT2D eigenvalue weighted by Gasteiger charge is 2.39. The van der Waals surface area contributed by atoms with Gasteiger partial charge in [0.2, 0.25) is 11.8 Å². The van der Waals surface area contributed by atoms with Gasteiger partial charge in [-0.05, 0) is 45.2 Å². The first-order valence-electron chi connectivity index (χ1n) is 10.8. The normalized spacial score (nSPS) is 31.1. The first-order valence-corrected chi connectivity index (χ1v) is 10.8. The number of para-hydroxylation sites is 2. The molecule has 2 fully saturated rings. The summed E-state index contributed by atoms with van der Waals surface area (Å²) in [7, 11) is 0. The van der Waals surface area contributed by atoms with Crippen LogP contribution >= 0.6 is 0 Å². The fourth-order valence-electron chi connectivity index (χ4n) is 4.79. The maximum atomic E-state index is 14.1. The Hall–Kier alpha value is -1.99. The van der Waals surface area contributed by atoms with Crippen LogP contribution in [0.5, 0.6) is 0 Å². The van der Waals surface area contributed by atoms with E-state index in [-0.39, 0.29) is 18.9 Å². The molecule has 1 aromatic heterocycles. The van der Waals surface area contributed by atoms with Gasteiger partial charge < -0.3 is 15.1 Å². The van der Waals surface area contributed by atoms with Gasteiger partial charge in [0, 0.05) is 31.7 Å². The molecule has 2 aliphatic rings. The zero-order valence-electron chi connectivity index (χ0n) is 17.2. The highest BCUT2D eigenvalue weighted by atomic mass is 19.1. The van der Waals surface area contributed by atoms with Gasteiger partial charge in [0.25, 0.3) is 0 Å². The highest BCUT2D eigenvalue weighted by molar-refractivity contribution is 5.83. The second-order valence-electron chi connectivity index (χ2n) is 8.50. The Bertz CT molecular complexity index is 798. The van der Waals surface area contributed by atoms with Gasteiger partial charge in [0.1, 0.15) is 11.7 Å². The Morgan fingerprint density at radius 1 is 1.31 bits per heavy atom. The van der Waals surface area contributed by atoms with Crippen LogP contribution in [0.25, 0.3) is 11.1 Å². The van der Waals surface area contributed by atoms with Crippen molar-refractivity contribution in [1.82, 2.24) is 20.5 Å². The standard InChI is InChI=1S/C22H31FN4O2/c1-14-6-5-7-15(2)27(14)11-10-24-21(28)20-17(12-16(23)13-25-20)22-26-18-8-3-4-9-19(18)29-22/h3-4,8-9,14-17,20,25H,5-7,10-13H2,1-2H3,(H,24,28)/t14-,15+,16?,17?,20-/m0/s1. The molecule has 0 bridgehead atoms. The van der Waals surface area contributed by atoms with Gasteiger partial charge in [-0.3, -0.25) is 9.69 Å². The van der Waals surface area contributed by atoms with Gasteiger partial charge in [-0.15, -0.1) is 0 Å². The lowest BCUT2D eigenvalue weighted by Crippen LogP contribution is -2.55. The molecule has 3 heterocycles. The van der Waals surface area contributed by atoms with Crippen molar-refractivity contribution in [2.75, 3.05) is 19.6 Å². The summed E-state index contributed by atoms with van der Waals surface area (Å²) in [6, 6.07) is 8.02. The average Bonchev–Trinajstić information content (AvgIpc) is 3.14. The number of nitrogens with zero attached hydrogens (tertiary/aromatic N) is 2. The number of oxazole rings is 1. The van der Waals surface area contributed by atoms with E-state index in [1.54, 1.807) is 0 Å². The summed E-state index contributed by atoms with van der Waals surface area (Å²) in [5.41, 5.74) is 1.39. The summed E-state index contributed by atoms with van der Waals surface area (Å²) in [6.45, 7) is 6.11. The maximum Gasteiger partial charge on any atom is 0.238 e. The minimum absolute atomic E-state index is 0.110. The number of likely N-dealkylation sites (tertiary alicyclic amines) is 1. The van der Waals surface area contributed by atoms with E-state index >= 15 is 0 Å². The molecule has 1 aromatic carbocycles. The third kappa shape index (κ3) is 4.46. The smallest absolute Gasteiger partial charge is 0.238 e. The molecular formula is C22H31FN4O2. The number of nitrogens with one attached hydrogen (secondary N) is 2.